The first-order valence-corrected chi connectivity index (χ1v) is 15.3. The third-order valence-corrected chi connectivity index (χ3v) is 8.98. The van der Waals surface area contributed by atoms with Gasteiger partial charge in [0.25, 0.3) is 10.0 Å². The number of amides is 2. The third kappa shape index (κ3) is 8.06. The standard InChI is InChI=1S/C29H33BrClN3O4S/c1-4-5-16-32-29(36)22(3)33(19-23-10-9-11-24(30)17-23)28(35)20-34(25-15-14-21(2)27(31)18-25)39(37,38)26-12-7-6-8-13-26/h6-15,17-18,22H,4-5,16,19-20H2,1-3H3,(H,32,36). The van der Waals surface area contributed by atoms with Crippen molar-refractivity contribution in [1.82, 2.24) is 10.2 Å². The maximum absolute atomic E-state index is 13.9. The van der Waals surface area contributed by atoms with E-state index in [9.17, 15) is 18.0 Å². The highest BCUT2D eigenvalue weighted by atomic mass is 79.9. The molecule has 0 aliphatic heterocycles. The molecule has 0 saturated carbocycles. The lowest BCUT2D eigenvalue weighted by Gasteiger charge is -2.32. The lowest BCUT2D eigenvalue weighted by atomic mass is 10.1. The molecular weight excluding hydrogens is 602 g/mol. The first kappa shape index (κ1) is 30.7. The molecule has 1 N–H and O–H groups in total. The van der Waals surface area contributed by atoms with Crippen molar-refractivity contribution in [2.45, 2.75) is 51.1 Å². The zero-order valence-electron chi connectivity index (χ0n) is 22.2. The van der Waals surface area contributed by atoms with E-state index in [1.54, 1.807) is 37.3 Å². The molecule has 2 amide bonds. The molecule has 1 unspecified atom stereocenters. The van der Waals surface area contributed by atoms with Gasteiger partial charge in [0.1, 0.15) is 12.6 Å². The molecule has 3 aromatic carbocycles. The smallest absolute Gasteiger partial charge is 0.264 e. The molecule has 0 bridgehead atoms. The first-order valence-electron chi connectivity index (χ1n) is 12.7. The van der Waals surface area contributed by atoms with E-state index < -0.39 is 28.5 Å². The monoisotopic (exact) mass is 633 g/mol. The Balaban J connectivity index is 2.01. The summed E-state index contributed by atoms with van der Waals surface area (Å²) in [4.78, 5) is 28.4. The van der Waals surface area contributed by atoms with Crippen molar-refractivity contribution >= 4 is 55.1 Å². The fourth-order valence-electron chi connectivity index (χ4n) is 3.94. The summed E-state index contributed by atoms with van der Waals surface area (Å²) in [5, 5.41) is 3.26. The Kier molecular flexibility index (Phi) is 11.0. The van der Waals surface area contributed by atoms with Crippen LogP contribution in [0.5, 0.6) is 0 Å². The van der Waals surface area contributed by atoms with Gasteiger partial charge in [-0.1, -0.05) is 77.3 Å². The van der Waals surface area contributed by atoms with E-state index in [1.165, 1.54) is 23.1 Å². The number of hydrogen-bond acceptors (Lipinski definition) is 4. The first-order chi connectivity index (χ1) is 18.5. The molecule has 3 aromatic rings. The van der Waals surface area contributed by atoms with Gasteiger partial charge >= 0.3 is 0 Å². The van der Waals surface area contributed by atoms with Gasteiger partial charge in [-0.3, -0.25) is 13.9 Å². The number of unbranched alkanes of at least 4 members (excludes halogenated alkanes) is 1. The van der Waals surface area contributed by atoms with Gasteiger partial charge in [0.15, 0.2) is 0 Å². The van der Waals surface area contributed by atoms with Crippen LogP contribution in [0, 0.1) is 6.92 Å². The summed E-state index contributed by atoms with van der Waals surface area (Å²) in [6, 6.07) is 19.4. The minimum atomic E-state index is -4.14. The number of nitrogens with zero attached hydrogens (tertiary/aromatic N) is 2. The fraction of sp³-hybridized carbons (Fsp3) is 0.310. The molecular formula is C29H33BrClN3O4S. The summed E-state index contributed by atoms with van der Waals surface area (Å²) in [6.07, 6.45) is 1.73. The van der Waals surface area contributed by atoms with Gasteiger partial charge in [-0.05, 0) is 67.8 Å². The molecule has 39 heavy (non-hydrogen) atoms. The SMILES string of the molecule is CCCCNC(=O)C(C)N(Cc1cccc(Br)c1)C(=O)CN(c1ccc(C)c(Cl)c1)S(=O)(=O)c1ccccc1. The van der Waals surface area contributed by atoms with Crippen LogP contribution in [0.25, 0.3) is 0 Å². The van der Waals surface area contributed by atoms with Gasteiger partial charge in [-0.2, -0.15) is 0 Å². The number of halogens is 2. The number of nitrogens with one attached hydrogen (secondary N) is 1. The van der Waals surface area contributed by atoms with Crippen LogP contribution in [0.2, 0.25) is 5.02 Å². The second kappa shape index (κ2) is 14.0. The Morgan fingerprint density at radius 3 is 2.38 bits per heavy atom. The van der Waals surface area contributed by atoms with Crippen LogP contribution in [-0.4, -0.2) is 44.3 Å². The number of rotatable bonds is 12. The molecule has 0 saturated heterocycles. The molecule has 0 aliphatic rings. The van der Waals surface area contributed by atoms with Crippen molar-refractivity contribution in [3.8, 4) is 0 Å². The summed E-state index contributed by atoms with van der Waals surface area (Å²) in [7, 11) is -4.14. The molecule has 0 aliphatic carbocycles. The Morgan fingerprint density at radius 2 is 1.74 bits per heavy atom. The predicted octanol–water partition coefficient (Wildman–Crippen LogP) is 5.94. The van der Waals surface area contributed by atoms with Crippen LogP contribution in [0.15, 0.2) is 82.2 Å². The highest BCUT2D eigenvalue weighted by Crippen LogP contribution is 2.28. The van der Waals surface area contributed by atoms with Gasteiger partial charge in [0.2, 0.25) is 11.8 Å². The lowest BCUT2D eigenvalue weighted by molar-refractivity contribution is -0.139. The Morgan fingerprint density at radius 1 is 1.03 bits per heavy atom. The fourth-order valence-corrected chi connectivity index (χ4v) is 5.98. The molecule has 208 valence electrons. The number of sulfonamides is 1. The average molecular weight is 635 g/mol. The van der Waals surface area contributed by atoms with Crippen LogP contribution < -0.4 is 9.62 Å². The summed E-state index contributed by atoms with van der Waals surface area (Å²) < 4.78 is 29.5. The molecule has 10 heteroatoms. The third-order valence-electron chi connectivity index (χ3n) is 6.29. The van der Waals surface area contributed by atoms with Crippen molar-refractivity contribution in [1.29, 1.82) is 0 Å². The zero-order chi connectivity index (χ0) is 28.6. The van der Waals surface area contributed by atoms with Crippen LogP contribution in [-0.2, 0) is 26.2 Å². The van der Waals surface area contributed by atoms with Gasteiger partial charge in [-0.15, -0.1) is 0 Å². The van der Waals surface area contributed by atoms with Crippen molar-refractivity contribution in [3.63, 3.8) is 0 Å². The molecule has 0 spiro atoms. The predicted molar refractivity (Wildman–Crippen MR) is 159 cm³/mol. The molecule has 7 nitrogen and oxygen atoms in total. The van der Waals surface area contributed by atoms with Crippen molar-refractivity contribution < 1.29 is 18.0 Å². The maximum atomic E-state index is 13.9. The molecule has 0 aromatic heterocycles. The zero-order valence-corrected chi connectivity index (χ0v) is 25.4. The van der Waals surface area contributed by atoms with E-state index in [2.05, 4.69) is 21.2 Å². The number of benzene rings is 3. The van der Waals surface area contributed by atoms with Gasteiger partial charge in [0.05, 0.1) is 10.6 Å². The van der Waals surface area contributed by atoms with Crippen molar-refractivity contribution in [3.05, 3.63) is 93.4 Å². The highest BCUT2D eigenvalue weighted by Gasteiger charge is 2.32. The largest absolute Gasteiger partial charge is 0.354 e. The molecule has 0 fully saturated rings. The Bertz CT molecular complexity index is 1400. The number of hydrogen-bond donors (Lipinski definition) is 1. The van der Waals surface area contributed by atoms with Crippen LogP contribution >= 0.6 is 27.5 Å². The van der Waals surface area contributed by atoms with E-state index in [0.717, 1.165) is 32.7 Å². The molecule has 1 atom stereocenters. The molecule has 0 heterocycles. The molecule has 0 radical (unpaired) electrons. The average Bonchev–Trinajstić information content (AvgIpc) is 2.92. The Labute approximate surface area is 244 Å². The number of carbonyl (C=O) groups is 2. The van der Waals surface area contributed by atoms with Crippen LogP contribution in [0.3, 0.4) is 0 Å². The van der Waals surface area contributed by atoms with Gasteiger partial charge in [0, 0.05) is 22.6 Å². The molecule has 3 rings (SSSR count). The topological polar surface area (TPSA) is 86.8 Å². The van der Waals surface area contributed by atoms with E-state index in [0.29, 0.717) is 11.6 Å². The Hall–Kier alpha value is -2.88. The van der Waals surface area contributed by atoms with E-state index in [1.807, 2.05) is 38.1 Å². The normalized spacial score (nSPS) is 12.0. The van der Waals surface area contributed by atoms with Crippen LogP contribution in [0.4, 0.5) is 5.69 Å². The van der Waals surface area contributed by atoms with Crippen molar-refractivity contribution in [2.24, 2.45) is 0 Å². The second-order valence-electron chi connectivity index (χ2n) is 9.23. The van der Waals surface area contributed by atoms with E-state index in [4.69, 9.17) is 11.6 Å². The number of anilines is 1. The van der Waals surface area contributed by atoms with Gasteiger partial charge in [-0.25, -0.2) is 8.42 Å². The van der Waals surface area contributed by atoms with Crippen LogP contribution in [0.1, 0.15) is 37.8 Å². The lowest BCUT2D eigenvalue weighted by Crippen LogP contribution is -2.51. The maximum Gasteiger partial charge on any atom is 0.264 e. The van der Waals surface area contributed by atoms with Crippen molar-refractivity contribution in [2.75, 3.05) is 17.4 Å². The summed E-state index contributed by atoms with van der Waals surface area (Å²) in [6.45, 7) is 5.58. The summed E-state index contributed by atoms with van der Waals surface area (Å²) in [5.41, 5.74) is 1.82. The number of aryl methyl sites for hydroxylation is 1. The van der Waals surface area contributed by atoms with Gasteiger partial charge < -0.3 is 10.2 Å². The quantitative estimate of drug-likeness (QED) is 0.250. The second-order valence-corrected chi connectivity index (χ2v) is 12.4. The van der Waals surface area contributed by atoms with E-state index in [-0.39, 0.29) is 23.0 Å². The number of carbonyl (C=O) groups excluding carboxylic acids is 2. The summed E-state index contributed by atoms with van der Waals surface area (Å²) in [5.74, 6) is -0.827. The van der Waals surface area contributed by atoms with E-state index >= 15 is 0 Å². The highest BCUT2D eigenvalue weighted by molar-refractivity contribution is 9.10. The minimum absolute atomic E-state index is 0.0402. The minimum Gasteiger partial charge on any atom is -0.354 e. The summed E-state index contributed by atoms with van der Waals surface area (Å²) >= 11 is 9.80.